The van der Waals surface area contributed by atoms with Gasteiger partial charge in [0.1, 0.15) is 0 Å². The molecule has 2 N–H and O–H groups in total. The van der Waals surface area contributed by atoms with E-state index in [1.165, 1.54) is 25.7 Å². The van der Waals surface area contributed by atoms with Crippen LogP contribution < -0.4 is 0 Å². The number of fused-ring (bicyclic) bond motifs is 2. The molecule has 0 saturated heterocycles. The summed E-state index contributed by atoms with van der Waals surface area (Å²) >= 11 is 0. The Kier molecular flexibility index (Phi) is 2.64. The zero-order chi connectivity index (χ0) is 11.1. The zero-order valence-corrected chi connectivity index (χ0v) is 9.60. The maximum Gasteiger partial charge on any atom is 0.0471 e. The predicted molar refractivity (Wildman–Crippen MR) is 62.8 cm³/mol. The predicted octanol–water partition coefficient (Wildman–Crippen LogP) is 1.89. The molecule has 3 aliphatic carbocycles. The molecule has 0 unspecified atom stereocenters. The first kappa shape index (κ1) is 10.5. The number of hydrogen-bond acceptors (Lipinski definition) is 2. The summed E-state index contributed by atoms with van der Waals surface area (Å²) in [5.74, 6) is 1.40. The number of allylic oxidation sites excluding steroid dienone is 4. The van der Waals surface area contributed by atoms with E-state index < -0.39 is 0 Å². The molecule has 2 bridgehead atoms. The molecule has 4 atom stereocenters. The summed E-state index contributed by atoms with van der Waals surface area (Å²) in [6, 6.07) is 0. The normalized spacial score (nSPS) is 41.4. The molecule has 0 aromatic rings. The molecule has 0 aliphatic heterocycles. The van der Waals surface area contributed by atoms with Crippen LogP contribution in [0.15, 0.2) is 23.3 Å². The van der Waals surface area contributed by atoms with Crippen molar-refractivity contribution in [1.82, 2.24) is 0 Å². The Balaban J connectivity index is 1.97. The van der Waals surface area contributed by atoms with Crippen molar-refractivity contribution < 1.29 is 10.2 Å². The molecule has 0 amide bonds. The van der Waals surface area contributed by atoms with E-state index in [4.69, 9.17) is 0 Å². The Bertz CT molecular complexity index is 313. The van der Waals surface area contributed by atoms with Crippen molar-refractivity contribution in [2.24, 2.45) is 23.7 Å². The molecular weight excluding hydrogens is 200 g/mol. The fourth-order valence-electron chi connectivity index (χ4n) is 4.01. The second kappa shape index (κ2) is 4.01. The molecule has 2 heteroatoms. The Morgan fingerprint density at radius 3 is 1.88 bits per heavy atom. The molecule has 0 heterocycles. The largest absolute Gasteiger partial charge is 0.396 e. The van der Waals surface area contributed by atoms with E-state index in [-0.39, 0.29) is 25.0 Å². The molecule has 2 saturated carbocycles. The third-order valence-electron chi connectivity index (χ3n) is 4.75. The fraction of sp³-hybridized carbons (Fsp3) is 0.714. The summed E-state index contributed by atoms with van der Waals surface area (Å²) < 4.78 is 0. The minimum absolute atomic E-state index is 0.216. The SMILES string of the molecule is OC[C@@H]1[C@H](CO)[C@@H]2C=C[C@H]1C2=C1CCCC1. The summed E-state index contributed by atoms with van der Waals surface area (Å²) in [4.78, 5) is 0. The van der Waals surface area contributed by atoms with Gasteiger partial charge in [0, 0.05) is 25.0 Å². The van der Waals surface area contributed by atoms with Crippen LogP contribution in [0.1, 0.15) is 25.7 Å². The van der Waals surface area contributed by atoms with Gasteiger partial charge in [-0.2, -0.15) is 0 Å². The highest BCUT2D eigenvalue weighted by Crippen LogP contribution is 2.54. The molecule has 2 nitrogen and oxygen atoms in total. The van der Waals surface area contributed by atoms with Gasteiger partial charge in [0.2, 0.25) is 0 Å². The topological polar surface area (TPSA) is 40.5 Å². The lowest BCUT2D eigenvalue weighted by Gasteiger charge is -2.23. The Morgan fingerprint density at radius 1 is 0.938 bits per heavy atom. The van der Waals surface area contributed by atoms with Crippen molar-refractivity contribution in [1.29, 1.82) is 0 Å². The summed E-state index contributed by atoms with van der Waals surface area (Å²) in [5, 5.41) is 19.0. The molecular formula is C14H20O2. The van der Waals surface area contributed by atoms with E-state index in [1.807, 2.05) is 0 Å². The summed E-state index contributed by atoms with van der Waals surface area (Å²) in [5.41, 5.74) is 3.20. The van der Waals surface area contributed by atoms with Crippen LogP contribution in [0, 0.1) is 23.7 Å². The van der Waals surface area contributed by atoms with Crippen molar-refractivity contribution in [3.05, 3.63) is 23.3 Å². The molecule has 3 aliphatic rings. The first-order valence-electron chi connectivity index (χ1n) is 6.48. The highest BCUT2D eigenvalue weighted by molar-refractivity contribution is 5.39. The van der Waals surface area contributed by atoms with Crippen molar-refractivity contribution in [2.75, 3.05) is 13.2 Å². The van der Waals surface area contributed by atoms with E-state index in [2.05, 4.69) is 12.2 Å². The second-order valence-electron chi connectivity index (χ2n) is 5.40. The molecule has 3 rings (SSSR count). The van der Waals surface area contributed by atoms with Crippen LogP contribution in [0.5, 0.6) is 0 Å². The minimum Gasteiger partial charge on any atom is -0.396 e. The quantitative estimate of drug-likeness (QED) is 0.698. The minimum atomic E-state index is 0.216. The van der Waals surface area contributed by atoms with Crippen LogP contribution in [-0.2, 0) is 0 Å². The van der Waals surface area contributed by atoms with Crippen LogP contribution in [0.3, 0.4) is 0 Å². The fourth-order valence-corrected chi connectivity index (χ4v) is 4.01. The van der Waals surface area contributed by atoms with Gasteiger partial charge in [-0.3, -0.25) is 0 Å². The summed E-state index contributed by atoms with van der Waals surface area (Å²) in [6.45, 7) is 0.432. The molecule has 0 spiro atoms. The number of rotatable bonds is 2. The lowest BCUT2D eigenvalue weighted by molar-refractivity contribution is 0.112. The van der Waals surface area contributed by atoms with E-state index in [1.54, 1.807) is 11.1 Å². The molecule has 16 heavy (non-hydrogen) atoms. The number of hydrogen-bond donors (Lipinski definition) is 2. The monoisotopic (exact) mass is 220 g/mol. The van der Waals surface area contributed by atoms with E-state index in [0.29, 0.717) is 11.8 Å². The number of aliphatic hydroxyl groups is 2. The van der Waals surface area contributed by atoms with Gasteiger partial charge >= 0.3 is 0 Å². The van der Waals surface area contributed by atoms with Crippen LogP contribution in [0.2, 0.25) is 0 Å². The van der Waals surface area contributed by atoms with Gasteiger partial charge < -0.3 is 10.2 Å². The van der Waals surface area contributed by atoms with Gasteiger partial charge in [0.15, 0.2) is 0 Å². The third-order valence-corrected chi connectivity index (χ3v) is 4.75. The standard InChI is InChI=1S/C14H20O2/c15-7-12-10-5-6-11(13(12)8-16)14(10)9-3-1-2-4-9/h5-6,10-13,15-16H,1-4,7-8H2/t10-,11+,12+,13-. The molecule has 0 aromatic carbocycles. The highest BCUT2D eigenvalue weighted by Gasteiger charge is 2.48. The van der Waals surface area contributed by atoms with E-state index >= 15 is 0 Å². The maximum absolute atomic E-state index is 9.48. The van der Waals surface area contributed by atoms with Crippen molar-refractivity contribution in [3.63, 3.8) is 0 Å². The zero-order valence-electron chi connectivity index (χ0n) is 9.60. The van der Waals surface area contributed by atoms with Gasteiger partial charge in [0.25, 0.3) is 0 Å². The van der Waals surface area contributed by atoms with Gasteiger partial charge in [-0.15, -0.1) is 0 Å². The Morgan fingerprint density at radius 2 is 1.44 bits per heavy atom. The average molecular weight is 220 g/mol. The molecule has 2 fully saturated rings. The van der Waals surface area contributed by atoms with Crippen LogP contribution >= 0.6 is 0 Å². The lowest BCUT2D eigenvalue weighted by atomic mass is 9.84. The van der Waals surface area contributed by atoms with Crippen molar-refractivity contribution >= 4 is 0 Å². The summed E-state index contributed by atoms with van der Waals surface area (Å²) in [6.07, 6.45) is 9.68. The maximum atomic E-state index is 9.48. The number of aliphatic hydroxyl groups excluding tert-OH is 2. The lowest BCUT2D eigenvalue weighted by Crippen LogP contribution is -2.25. The second-order valence-corrected chi connectivity index (χ2v) is 5.40. The van der Waals surface area contributed by atoms with Crippen molar-refractivity contribution in [3.8, 4) is 0 Å². The molecule has 0 radical (unpaired) electrons. The smallest absolute Gasteiger partial charge is 0.0471 e. The molecule has 0 aromatic heterocycles. The molecule has 88 valence electrons. The third kappa shape index (κ3) is 1.33. The summed E-state index contributed by atoms with van der Waals surface area (Å²) in [7, 11) is 0. The van der Waals surface area contributed by atoms with Crippen LogP contribution in [-0.4, -0.2) is 23.4 Å². The van der Waals surface area contributed by atoms with Crippen LogP contribution in [0.25, 0.3) is 0 Å². The van der Waals surface area contributed by atoms with Gasteiger partial charge in [-0.1, -0.05) is 23.3 Å². The first-order valence-corrected chi connectivity index (χ1v) is 6.48. The Labute approximate surface area is 96.7 Å². The average Bonchev–Trinajstić information content (AvgIpc) is 2.99. The van der Waals surface area contributed by atoms with Crippen molar-refractivity contribution in [2.45, 2.75) is 25.7 Å². The highest BCUT2D eigenvalue weighted by atomic mass is 16.3. The van der Waals surface area contributed by atoms with Gasteiger partial charge in [-0.25, -0.2) is 0 Å². The first-order chi connectivity index (χ1) is 7.86. The van der Waals surface area contributed by atoms with Gasteiger partial charge in [0.05, 0.1) is 0 Å². The van der Waals surface area contributed by atoms with E-state index in [0.717, 1.165) is 0 Å². The van der Waals surface area contributed by atoms with Crippen LogP contribution in [0.4, 0.5) is 0 Å². The van der Waals surface area contributed by atoms with E-state index in [9.17, 15) is 10.2 Å². The Hall–Kier alpha value is -0.600. The van der Waals surface area contributed by atoms with Gasteiger partial charge in [-0.05, 0) is 37.5 Å².